The molecule has 0 aliphatic heterocycles. The molecule has 3 rings (SSSR count). The van der Waals surface area contributed by atoms with Gasteiger partial charge in [0.1, 0.15) is 5.15 Å². The molecule has 27 heavy (non-hydrogen) atoms. The average Bonchev–Trinajstić information content (AvgIpc) is 2.66. The molecule has 1 heterocycles. The van der Waals surface area contributed by atoms with Gasteiger partial charge in [-0.1, -0.05) is 35.9 Å². The number of carbonyl (C=O) groups is 1. The SMILES string of the molecule is COCCN(Cc1cc2c(C)cc(C)cc2nc1Cl)C(=O)c1ccccc1. The van der Waals surface area contributed by atoms with E-state index in [-0.39, 0.29) is 5.91 Å². The van der Waals surface area contributed by atoms with Crippen LogP contribution in [0.25, 0.3) is 10.9 Å². The monoisotopic (exact) mass is 382 g/mol. The van der Waals surface area contributed by atoms with Crippen molar-refractivity contribution < 1.29 is 9.53 Å². The first-order chi connectivity index (χ1) is 13.0. The summed E-state index contributed by atoms with van der Waals surface area (Å²) in [6.07, 6.45) is 0. The van der Waals surface area contributed by atoms with Crippen molar-refractivity contribution in [3.05, 3.63) is 75.9 Å². The maximum absolute atomic E-state index is 12.9. The Labute approximate surface area is 164 Å². The second-order valence-electron chi connectivity index (χ2n) is 6.67. The van der Waals surface area contributed by atoms with Crippen LogP contribution in [0, 0.1) is 13.8 Å². The van der Waals surface area contributed by atoms with E-state index in [4.69, 9.17) is 16.3 Å². The fraction of sp³-hybridized carbons (Fsp3) is 0.273. The largest absolute Gasteiger partial charge is 0.383 e. The topological polar surface area (TPSA) is 42.4 Å². The van der Waals surface area contributed by atoms with Gasteiger partial charge in [-0.3, -0.25) is 4.79 Å². The number of hydrogen-bond acceptors (Lipinski definition) is 3. The lowest BCUT2D eigenvalue weighted by Gasteiger charge is -2.23. The van der Waals surface area contributed by atoms with Gasteiger partial charge in [-0.2, -0.15) is 0 Å². The molecule has 1 aromatic heterocycles. The molecule has 0 spiro atoms. The maximum Gasteiger partial charge on any atom is 0.254 e. The van der Waals surface area contributed by atoms with Crippen molar-refractivity contribution in [2.45, 2.75) is 20.4 Å². The first-order valence-corrected chi connectivity index (χ1v) is 9.27. The number of pyridine rings is 1. The molecule has 0 unspecified atom stereocenters. The number of methoxy groups -OCH3 is 1. The van der Waals surface area contributed by atoms with Gasteiger partial charge in [0.15, 0.2) is 0 Å². The predicted molar refractivity (Wildman–Crippen MR) is 109 cm³/mol. The standard InChI is InChI=1S/C22H23ClN2O2/c1-15-11-16(2)19-13-18(21(23)24-20(19)12-15)14-25(9-10-27-3)22(26)17-7-5-4-6-8-17/h4-8,11-13H,9-10,14H2,1-3H3. The Morgan fingerprint density at radius 2 is 1.89 bits per heavy atom. The van der Waals surface area contributed by atoms with E-state index in [0.717, 1.165) is 27.6 Å². The molecule has 0 saturated carbocycles. The Morgan fingerprint density at radius 1 is 1.15 bits per heavy atom. The zero-order chi connectivity index (χ0) is 19.4. The number of aryl methyl sites for hydroxylation is 2. The number of carbonyl (C=O) groups excluding carboxylic acids is 1. The Kier molecular flexibility index (Phi) is 6.09. The minimum absolute atomic E-state index is 0.0514. The summed E-state index contributed by atoms with van der Waals surface area (Å²) in [5.74, 6) is -0.0514. The van der Waals surface area contributed by atoms with Gasteiger partial charge in [0.05, 0.1) is 12.1 Å². The molecule has 4 nitrogen and oxygen atoms in total. The summed E-state index contributed by atoms with van der Waals surface area (Å²) in [7, 11) is 1.63. The van der Waals surface area contributed by atoms with Crippen LogP contribution in [-0.4, -0.2) is 36.1 Å². The van der Waals surface area contributed by atoms with E-state index in [2.05, 4.69) is 18.0 Å². The molecule has 0 atom stereocenters. The van der Waals surface area contributed by atoms with E-state index in [1.54, 1.807) is 12.0 Å². The Morgan fingerprint density at radius 3 is 2.59 bits per heavy atom. The van der Waals surface area contributed by atoms with Gasteiger partial charge in [-0.05, 0) is 49.2 Å². The highest BCUT2D eigenvalue weighted by Crippen LogP contribution is 2.26. The molecule has 5 heteroatoms. The number of ether oxygens (including phenoxy) is 1. The van der Waals surface area contributed by atoms with E-state index in [1.807, 2.05) is 49.4 Å². The second-order valence-corrected chi connectivity index (χ2v) is 7.03. The Bertz CT molecular complexity index is 957. The van der Waals surface area contributed by atoms with E-state index in [0.29, 0.717) is 30.4 Å². The number of benzene rings is 2. The summed E-state index contributed by atoms with van der Waals surface area (Å²) < 4.78 is 5.19. The fourth-order valence-corrected chi connectivity index (χ4v) is 3.39. The van der Waals surface area contributed by atoms with Gasteiger partial charge < -0.3 is 9.64 Å². The van der Waals surface area contributed by atoms with Crippen LogP contribution < -0.4 is 0 Å². The Balaban J connectivity index is 1.95. The molecule has 0 N–H and O–H groups in total. The van der Waals surface area contributed by atoms with Crippen LogP contribution in [-0.2, 0) is 11.3 Å². The van der Waals surface area contributed by atoms with Crippen LogP contribution in [0.3, 0.4) is 0 Å². The van der Waals surface area contributed by atoms with Gasteiger partial charge in [0.25, 0.3) is 5.91 Å². The summed E-state index contributed by atoms with van der Waals surface area (Å²) in [4.78, 5) is 19.3. The van der Waals surface area contributed by atoms with Crippen LogP contribution in [0.4, 0.5) is 0 Å². The van der Waals surface area contributed by atoms with E-state index >= 15 is 0 Å². The molecule has 140 valence electrons. The number of nitrogens with zero attached hydrogens (tertiary/aromatic N) is 2. The van der Waals surface area contributed by atoms with Gasteiger partial charge in [-0.15, -0.1) is 0 Å². The number of aromatic nitrogens is 1. The molecule has 0 saturated heterocycles. The minimum Gasteiger partial charge on any atom is -0.383 e. The normalized spacial score (nSPS) is 11.0. The van der Waals surface area contributed by atoms with Crippen molar-refractivity contribution in [3.8, 4) is 0 Å². The van der Waals surface area contributed by atoms with Crippen LogP contribution in [0.15, 0.2) is 48.5 Å². The fourth-order valence-electron chi connectivity index (χ4n) is 3.18. The predicted octanol–water partition coefficient (Wildman–Crippen LogP) is 4.79. The molecule has 3 aromatic rings. The number of fused-ring (bicyclic) bond motifs is 1. The van der Waals surface area contributed by atoms with E-state index < -0.39 is 0 Å². The van der Waals surface area contributed by atoms with Crippen molar-refractivity contribution in [3.63, 3.8) is 0 Å². The lowest BCUT2D eigenvalue weighted by Crippen LogP contribution is -2.33. The van der Waals surface area contributed by atoms with E-state index in [9.17, 15) is 4.79 Å². The molecule has 2 aromatic carbocycles. The molecular weight excluding hydrogens is 360 g/mol. The lowest BCUT2D eigenvalue weighted by atomic mass is 10.0. The van der Waals surface area contributed by atoms with Gasteiger partial charge in [0.2, 0.25) is 0 Å². The summed E-state index contributed by atoms with van der Waals surface area (Å²) in [6, 6.07) is 15.4. The van der Waals surface area contributed by atoms with Crippen LogP contribution in [0.2, 0.25) is 5.15 Å². The zero-order valence-corrected chi connectivity index (χ0v) is 16.6. The summed E-state index contributed by atoms with van der Waals surface area (Å²) in [5, 5.41) is 1.48. The zero-order valence-electron chi connectivity index (χ0n) is 15.8. The van der Waals surface area contributed by atoms with Crippen LogP contribution in [0.1, 0.15) is 27.0 Å². The second kappa shape index (κ2) is 8.51. The highest BCUT2D eigenvalue weighted by atomic mass is 35.5. The first-order valence-electron chi connectivity index (χ1n) is 8.89. The number of hydrogen-bond donors (Lipinski definition) is 0. The molecular formula is C22H23ClN2O2. The number of rotatable bonds is 6. The molecule has 0 aliphatic carbocycles. The highest BCUT2D eigenvalue weighted by Gasteiger charge is 2.18. The van der Waals surface area contributed by atoms with Gasteiger partial charge in [0, 0.05) is 36.7 Å². The summed E-state index contributed by atoms with van der Waals surface area (Å²) in [5.41, 5.74) is 4.64. The third-order valence-electron chi connectivity index (χ3n) is 4.55. The Hall–Kier alpha value is -2.43. The van der Waals surface area contributed by atoms with Crippen molar-refractivity contribution in [2.75, 3.05) is 20.3 Å². The van der Waals surface area contributed by atoms with Crippen molar-refractivity contribution >= 4 is 28.4 Å². The third kappa shape index (κ3) is 4.46. The minimum atomic E-state index is -0.0514. The van der Waals surface area contributed by atoms with Crippen LogP contribution in [0.5, 0.6) is 0 Å². The van der Waals surface area contributed by atoms with E-state index in [1.165, 1.54) is 0 Å². The number of amides is 1. The number of halogens is 1. The van der Waals surface area contributed by atoms with Crippen molar-refractivity contribution in [1.82, 2.24) is 9.88 Å². The molecule has 1 amide bonds. The average molecular weight is 383 g/mol. The van der Waals surface area contributed by atoms with Crippen molar-refractivity contribution in [2.24, 2.45) is 0 Å². The highest BCUT2D eigenvalue weighted by molar-refractivity contribution is 6.30. The molecule has 0 fully saturated rings. The molecule has 0 bridgehead atoms. The lowest BCUT2D eigenvalue weighted by molar-refractivity contribution is 0.0680. The van der Waals surface area contributed by atoms with Gasteiger partial charge in [-0.25, -0.2) is 4.98 Å². The third-order valence-corrected chi connectivity index (χ3v) is 4.87. The summed E-state index contributed by atoms with van der Waals surface area (Å²) >= 11 is 6.46. The van der Waals surface area contributed by atoms with Crippen LogP contribution >= 0.6 is 11.6 Å². The maximum atomic E-state index is 12.9. The smallest absolute Gasteiger partial charge is 0.254 e. The van der Waals surface area contributed by atoms with Crippen molar-refractivity contribution in [1.29, 1.82) is 0 Å². The molecule has 0 radical (unpaired) electrons. The first kappa shape index (κ1) is 19.3. The quantitative estimate of drug-likeness (QED) is 0.575. The summed E-state index contributed by atoms with van der Waals surface area (Å²) in [6.45, 7) is 5.42. The molecule has 0 aliphatic rings. The van der Waals surface area contributed by atoms with Gasteiger partial charge >= 0.3 is 0 Å².